The van der Waals surface area contributed by atoms with Crippen LogP contribution in [0.3, 0.4) is 0 Å². The monoisotopic (exact) mass is 339 g/mol. The van der Waals surface area contributed by atoms with Crippen LogP contribution in [0.15, 0.2) is 45.3 Å². The predicted molar refractivity (Wildman–Crippen MR) is 75.8 cm³/mol. The van der Waals surface area contributed by atoms with Gasteiger partial charge < -0.3 is 4.57 Å². The van der Waals surface area contributed by atoms with E-state index < -0.39 is 0 Å². The van der Waals surface area contributed by atoms with Gasteiger partial charge in [-0.3, -0.25) is 0 Å². The van der Waals surface area contributed by atoms with E-state index in [1.807, 2.05) is 35.9 Å². The molecule has 0 aliphatic heterocycles. The highest BCUT2D eigenvalue weighted by atomic mass is 79.9. The number of halogens is 2. The molecule has 0 bridgehead atoms. The van der Waals surface area contributed by atoms with E-state index in [0.717, 1.165) is 30.8 Å². The van der Waals surface area contributed by atoms with Gasteiger partial charge in [-0.15, -0.1) is 0 Å². The molecule has 3 rings (SSSR count). The van der Waals surface area contributed by atoms with E-state index in [1.165, 1.54) is 0 Å². The second-order valence-electron chi connectivity index (χ2n) is 3.72. The molecule has 0 amide bonds. The number of benzene rings is 2. The van der Waals surface area contributed by atoms with Crippen molar-refractivity contribution in [2.24, 2.45) is 7.05 Å². The quantitative estimate of drug-likeness (QED) is 0.551. The van der Waals surface area contributed by atoms with E-state index in [0.29, 0.717) is 12.1 Å². The van der Waals surface area contributed by atoms with E-state index in [9.17, 15) is 0 Å². The standard InChI is InChI=1S/C13H9Br2N/c1-16-12-4-2-8(14)6-10(12)11-7-9(15)3-5-13(11)16/h2-7H,1H3/i2D,3D. The molecule has 3 aromatic rings. The zero-order valence-corrected chi connectivity index (χ0v) is 11.7. The SMILES string of the molecule is [2H]c1cc2c(cc1Br)c1cc(Br)c([2H])cc1n2C. The first-order chi connectivity index (χ1) is 8.49. The molecular formula is C13H9Br2N. The first kappa shape index (κ1) is 8.31. The van der Waals surface area contributed by atoms with E-state index in [1.54, 1.807) is 0 Å². The minimum Gasteiger partial charge on any atom is -0.344 e. The van der Waals surface area contributed by atoms with Gasteiger partial charge >= 0.3 is 0 Å². The van der Waals surface area contributed by atoms with Crippen molar-refractivity contribution in [2.45, 2.75) is 0 Å². The van der Waals surface area contributed by atoms with Gasteiger partial charge in [0.15, 0.2) is 0 Å². The lowest BCUT2D eigenvalue weighted by molar-refractivity contribution is 1.01. The Labute approximate surface area is 113 Å². The second kappa shape index (κ2) is 3.60. The number of aromatic nitrogens is 1. The fourth-order valence-electron chi connectivity index (χ4n) is 2.03. The highest BCUT2D eigenvalue weighted by Gasteiger charge is 2.08. The zero-order valence-electron chi connectivity index (χ0n) is 10.5. The number of hydrogen-bond acceptors (Lipinski definition) is 0. The molecule has 0 fully saturated rings. The molecule has 0 atom stereocenters. The summed E-state index contributed by atoms with van der Waals surface area (Å²) in [6.45, 7) is 0. The molecule has 0 saturated carbocycles. The Morgan fingerprint density at radius 3 is 1.88 bits per heavy atom. The Bertz CT molecular complexity index is 728. The second-order valence-corrected chi connectivity index (χ2v) is 5.43. The average molecular weight is 341 g/mol. The number of hydrogen-bond donors (Lipinski definition) is 0. The third-order valence-electron chi connectivity index (χ3n) is 2.80. The molecule has 16 heavy (non-hydrogen) atoms. The first-order valence-electron chi connectivity index (χ1n) is 5.83. The Morgan fingerprint density at radius 2 is 1.44 bits per heavy atom. The van der Waals surface area contributed by atoms with Crippen molar-refractivity contribution in [3.63, 3.8) is 0 Å². The van der Waals surface area contributed by atoms with Gasteiger partial charge in [0.1, 0.15) is 0 Å². The molecule has 0 aliphatic rings. The molecule has 0 spiro atoms. The number of nitrogens with zero attached hydrogens (tertiary/aromatic N) is 1. The maximum Gasteiger partial charge on any atom is 0.0635 e. The lowest BCUT2D eigenvalue weighted by Crippen LogP contribution is -1.85. The van der Waals surface area contributed by atoms with Crippen LogP contribution in [0, 0.1) is 0 Å². The van der Waals surface area contributed by atoms with Crippen LogP contribution >= 0.6 is 31.9 Å². The number of fused-ring (bicyclic) bond motifs is 3. The first-order valence-corrected chi connectivity index (χ1v) is 6.42. The Balaban J connectivity index is 2.58. The van der Waals surface area contributed by atoms with Gasteiger partial charge in [-0.25, -0.2) is 0 Å². The summed E-state index contributed by atoms with van der Waals surface area (Å²) in [6.07, 6.45) is 0. The summed E-state index contributed by atoms with van der Waals surface area (Å²) < 4.78 is 19.3. The highest BCUT2D eigenvalue weighted by molar-refractivity contribution is 9.10. The summed E-state index contributed by atoms with van der Waals surface area (Å²) >= 11 is 6.80. The zero-order chi connectivity index (χ0) is 13.0. The van der Waals surface area contributed by atoms with E-state index in [2.05, 4.69) is 31.9 Å². The van der Waals surface area contributed by atoms with Crippen molar-refractivity contribution >= 4 is 53.7 Å². The molecule has 2 aromatic carbocycles. The van der Waals surface area contributed by atoms with E-state index in [-0.39, 0.29) is 0 Å². The summed E-state index contributed by atoms with van der Waals surface area (Å²) in [5.41, 5.74) is 2.02. The topological polar surface area (TPSA) is 4.93 Å². The maximum absolute atomic E-state index is 7.85. The van der Waals surface area contributed by atoms with Gasteiger partial charge in [-0.05, 0) is 36.4 Å². The normalized spacial score (nSPS) is 13.2. The van der Waals surface area contributed by atoms with Crippen LogP contribution in [0.1, 0.15) is 2.74 Å². The van der Waals surface area contributed by atoms with E-state index >= 15 is 0 Å². The minimum absolute atomic E-state index is 0.471. The van der Waals surface area contributed by atoms with Crippen molar-refractivity contribution in [1.29, 1.82) is 0 Å². The van der Waals surface area contributed by atoms with Crippen molar-refractivity contribution in [1.82, 2.24) is 4.57 Å². The van der Waals surface area contributed by atoms with Crippen LogP contribution in [0.2, 0.25) is 0 Å². The van der Waals surface area contributed by atoms with Crippen molar-refractivity contribution in [3.8, 4) is 0 Å². The third kappa shape index (κ3) is 1.42. The van der Waals surface area contributed by atoms with Crippen LogP contribution in [0.25, 0.3) is 21.8 Å². The minimum atomic E-state index is 0.471. The van der Waals surface area contributed by atoms with Gasteiger partial charge in [0.25, 0.3) is 0 Å². The Morgan fingerprint density at radius 1 is 1.00 bits per heavy atom. The lowest BCUT2D eigenvalue weighted by atomic mass is 10.2. The van der Waals surface area contributed by atoms with Crippen LogP contribution in [0.5, 0.6) is 0 Å². The number of rotatable bonds is 0. The van der Waals surface area contributed by atoms with Gasteiger partial charge in [0.05, 0.1) is 2.74 Å². The van der Waals surface area contributed by atoms with Gasteiger partial charge in [0.2, 0.25) is 0 Å². The largest absolute Gasteiger partial charge is 0.344 e. The molecule has 0 N–H and O–H groups in total. The van der Waals surface area contributed by atoms with Crippen LogP contribution in [-0.4, -0.2) is 4.57 Å². The fraction of sp³-hybridized carbons (Fsp3) is 0.0769. The predicted octanol–water partition coefficient (Wildman–Crippen LogP) is 4.86. The molecule has 1 nitrogen and oxygen atoms in total. The molecule has 3 heteroatoms. The van der Waals surface area contributed by atoms with Crippen molar-refractivity contribution in [2.75, 3.05) is 0 Å². The molecule has 0 unspecified atom stereocenters. The van der Waals surface area contributed by atoms with Crippen LogP contribution in [-0.2, 0) is 7.05 Å². The summed E-state index contributed by atoms with van der Waals surface area (Å²) in [5.74, 6) is 0. The van der Waals surface area contributed by atoms with Crippen molar-refractivity contribution < 1.29 is 2.74 Å². The highest BCUT2D eigenvalue weighted by Crippen LogP contribution is 2.31. The fourth-order valence-corrected chi connectivity index (χ4v) is 2.72. The average Bonchev–Trinajstić information content (AvgIpc) is 2.56. The van der Waals surface area contributed by atoms with E-state index in [4.69, 9.17) is 2.74 Å². The Hall–Kier alpha value is -0.800. The van der Waals surface area contributed by atoms with Gasteiger partial charge in [-0.1, -0.05) is 31.9 Å². The molecule has 0 aliphatic carbocycles. The van der Waals surface area contributed by atoms with Crippen molar-refractivity contribution in [3.05, 3.63) is 45.3 Å². The summed E-state index contributed by atoms with van der Waals surface area (Å²) in [7, 11) is 1.96. The molecule has 1 aromatic heterocycles. The Kier molecular flexibility index (Phi) is 1.87. The molecular weight excluding hydrogens is 330 g/mol. The molecule has 80 valence electrons. The third-order valence-corrected chi connectivity index (χ3v) is 3.72. The lowest BCUT2D eigenvalue weighted by Gasteiger charge is -1.97. The van der Waals surface area contributed by atoms with Gasteiger partial charge in [0, 0.05) is 37.8 Å². The van der Waals surface area contributed by atoms with Crippen LogP contribution < -0.4 is 0 Å². The smallest absolute Gasteiger partial charge is 0.0635 e. The van der Waals surface area contributed by atoms with Gasteiger partial charge in [-0.2, -0.15) is 0 Å². The summed E-state index contributed by atoms with van der Waals surface area (Å²) in [6, 6.07) is 8.57. The number of aryl methyl sites for hydroxylation is 1. The summed E-state index contributed by atoms with van der Waals surface area (Å²) in [4.78, 5) is 0. The summed E-state index contributed by atoms with van der Waals surface area (Å²) in [5, 5.41) is 2.19. The molecule has 0 radical (unpaired) electrons. The van der Waals surface area contributed by atoms with Crippen LogP contribution in [0.4, 0.5) is 0 Å². The molecule has 1 heterocycles. The molecule has 0 saturated heterocycles. The maximum atomic E-state index is 7.85.